The van der Waals surface area contributed by atoms with Gasteiger partial charge in [0.2, 0.25) is 11.8 Å². The zero-order valence-electron chi connectivity index (χ0n) is 20.4. The van der Waals surface area contributed by atoms with E-state index in [2.05, 4.69) is 15.6 Å². The van der Waals surface area contributed by atoms with Gasteiger partial charge in [-0.15, -0.1) is 0 Å². The fourth-order valence-corrected chi connectivity index (χ4v) is 5.46. The highest BCUT2D eigenvalue weighted by molar-refractivity contribution is 6.08. The topological polar surface area (TPSA) is 118 Å². The van der Waals surface area contributed by atoms with Crippen LogP contribution < -0.4 is 10.6 Å². The number of nitrogens with zero attached hydrogens (tertiary/aromatic N) is 1. The molecule has 0 unspecified atom stereocenters. The average Bonchev–Trinajstić information content (AvgIpc) is 3.53. The first-order valence-electron chi connectivity index (χ1n) is 12.1. The summed E-state index contributed by atoms with van der Waals surface area (Å²) in [5, 5.41) is 13.7. The highest BCUT2D eigenvalue weighted by Gasteiger charge is 2.56. The smallest absolute Gasteiger partial charge is 0.268 e. The molecule has 4 N–H and O–H groups in total. The molecule has 8 nitrogen and oxygen atoms in total. The third kappa shape index (κ3) is 4.16. The second kappa shape index (κ2) is 9.10. The van der Waals surface area contributed by atoms with E-state index in [-0.39, 0.29) is 35.9 Å². The molecule has 0 radical (unpaired) electrons. The Bertz CT molecular complexity index is 1430. The number of aromatic amines is 1. The lowest BCUT2D eigenvalue weighted by Crippen LogP contribution is -2.51. The summed E-state index contributed by atoms with van der Waals surface area (Å²) in [4.78, 5) is 44.3. The Hall–Kier alpha value is -4.08. The van der Waals surface area contributed by atoms with Crippen molar-refractivity contribution in [2.75, 3.05) is 11.9 Å². The van der Waals surface area contributed by atoms with Gasteiger partial charge in [0.05, 0.1) is 11.5 Å². The number of rotatable bonds is 6. The van der Waals surface area contributed by atoms with Gasteiger partial charge in [-0.1, -0.05) is 26.0 Å². The van der Waals surface area contributed by atoms with Crippen molar-refractivity contribution in [3.8, 4) is 0 Å². The minimum absolute atomic E-state index is 0.00158. The van der Waals surface area contributed by atoms with Gasteiger partial charge in [0.15, 0.2) is 0 Å². The summed E-state index contributed by atoms with van der Waals surface area (Å²) in [6.07, 6.45) is 1.62. The van der Waals surface area contributed by atoms with E-state index in [9.17, 15) is 23.2 Å². The molecule has 0 aliphatic carbocycles. The van der Waals surface area contributed by atoms with E-state index in [0.717, 1.165) is 6.21 Å². The van der Waals surface area contributed by atoms with Crippen molar-refractivity contribution in [3.05, 3.63) is 65.4 Å². The number of benzene rings is 2. The Kier molecular flexibility index (Phi) is 6.05. The molecule has 3 atom stereocenters. The maximum Gasteiger partial charge on any atom is 0.268 e. The molecule has 10 heteroatoms. The van der Waals surface area contributed by atoms with Crippen LogP contribution in [-0.2, 0) is 15.0 Å². The lowest BCUT2D eigenvalue weighted by molar-refractivity contribution is -0.133. The van der Waals surface area contributed by atoms with Crippen LogP contribution in [0.1, 0.15) is 42.7 Å². The molecule has 3 heterocycles. The molecule has 3 aromatic rings. The van der Waals surface area contributed by atoms with Crippen LogP contribution >= 0.6 is 0 Å². The van der Waals surface area contributed by atoms with Crippen molar-refractivity contribution in [2.24, 2.45) is 5.92 Å². The maximum absolute atomic E-state index is 14.1. The van der Waals surface area contributed by atoms with E-state index in [1.807, 2.05) is 13.8 Å². The standard InChI is InChI=1S/C27H27F2N5O3/c1-14(2)8-23(32-24(35)22-10-17-19(29)4-3-5-20(17)31-22)25(36)34-13-27(11-16(34)12-30)18-7-6-15(28)9-21(18)33-26(27)37/h3-7,9-10,12,14,16,23,30-31H,8,11,13H2,1-2H3,(H,32,35)(H,33,37)/t16-,23-,27-/m0/s1. The number of carbonyl (C=O) groups is 3. The predicted molar refractivity (Wildman–Crippen MR) is 135 cm³/mol. The van der Waals surface area contributed by atoms with Crippen LogP contribution in [0, 0.1) is 23.0 Å². The summed E-state index contributed by atoms with van der Waals surface area (Å²) in [5.41, 5.74) is 0.424. The van der Waals surface area contributed by atoms with E-state index in [1.165, 1.54) is 35.2 Å². The largest absolute Gasteiger partial charge is 0.350 e. The zero-order valence-corrected chi connectivity index (χ0v) is 20.4. The summed E-state index contributed by atoms with van der Waals surface area (Å²) >= 11 is 0. The summed E-state index contributed by atoms with van der Waals surface area (Å²) in [5.74, 6) is -2.23. The second-order valence-electron chi connectivity index (χ2n) is 10.2. The number of halogens is 2. The van der Waals surface area contributed by atoms with Crippen LogP contribution in [-0.4, -0.2) is 52.4 Å². The predicted octanol–water partition coefficient (Wildman–Crippen LogP) is 3.73. The first kappa shape index (κ1) is 24.6. The molecule has 2 aliphatic rings. The molecule has 2 aromatic carbocycles. The molecular weight excluding hydrogens is 480 g/mol. The number of likely N-dealkylation sites (tertiary alicyclic amines) is 1. The van der Waals surface area contributed by atoms with Gasteiger partial charge in [0.25, 0.3) is 5.91 Å². The first-order valence-corrected chi connectivity index (χ1v) is 12.1. The minimum Gasteiger partial charge on any atom is -0.350 e. The van der Waals surface area contributed by atoms with Crippen LogP contribution in [0.15, 0.2) is 42.5 Å². The third-order valence-corrected chi connectivity index (χ3v) is 7.22. The molecule has 192 valence electrons. The van der Waals surface area contributed by atoms with Crippen molar-refractivity contribution >= 4 is 40.5 Å². The Morgan fingerprint density at radius 3 is 2.73 bits per heavy atom. The number of aromatic nitrogens is 1. The van der Waals surface area contributed by atoms with Gasteiger partial charge in [0.1, 0.15) is 23.4 Å². The van der Waals surface area contributed by atoms with Crippen LogP contribution in [0.5, 0.6) is 0 Å². The van der Waals surface area contributed by atoms with Crippen LogP contribution in [0.4, 0.5) is 14.5 Å². The lowest BCUT2D eigenvalue weighted by Gasteiger charge is -2.29. The molecule has 1 spiro atoms. The van der Waals surface area contributed by atoms with E-state index < -0.39 is 40.9 Å². The van der Waals surface area contributed by atoms with Gasteiger partial charge >= 0.3 is 0 Å². The molecule has 37 heavy (non-hydrogen) atoms. The molecule has 2 aliphatic heterocycles. The molecule has 0 bridgehead atoms. The molecular formula is C27H27F2N5O3. The zero-order chi connectivity index (χ0) is 26.5. The molecule has 1 saturated heterocycles. The number of H-pyrrole nitrogens is 1. The molecule has 5 rings (SSSR count). The number of fused-ring (bicyclic) bond motifs is 3. The Morgan fingerprint density at radius 2 is 2.03 bits per heavy atom. The first-order chi connectivity index (χ1) is 17.6. The third-order valence-electron chi connectivity index (χ3n) is 7.22. The Balaban J connectivity index is 1.42. The van der Waals surface area contributed by atoms with Gasteiger partial charge in [-0.3, -0.25) is 14.4 Å². The number of anilines is 1. The van der Waals surface area contributed by atoms with Crippen molar-refractivity contribution < 1.29 is 23.2 Å². The average molecular weight is 508 g/mol. The fraction of sp³-hybridized carbons (Fsp3) is 0.333. The maximum atomic E-state index is 14.1. The summed E-state index contributed by atoms with van der Waals surface area (Å²) in [6, 6.07) is 8.35. The summed E-state index contributed by atoms with van der Waals surface area (Å²) in [7, 11) is 0. The van der Waals surface area contributed by atoms with Crippen molar-refractivity contribution in [1.29, 1.82) is 5.41 Å². The summed E-state index contributed by atoms with van der Waals surface area (Å²) < 4.78 is 27.9. The molecule has 1 aromatic heterocycles. The van der Waals surface area contributed by atoms with Gasteiger partial charge in [-0.05, 0) is 54.7 Å². The molecule has 0 saturated carbocycles. The molecule has 1 fully saturated rings. The van der Waals surface area contributed by atoms with E-state index in [1.54, 1.807) is 12.1 Å². The Labute approximate surface area is 211 Å². The van der Waals surface area contributed by atoms with Gasteiger partial charge in [0, 0.05) is 29.3 Å². The number of carbonyl (C=O) groups excluding carboxylic acids is 3. The quantitative estimate of drug-likeness (QED) is 0.381. The number of nitrogens with one attached hydrogen (secondary N) is 4. The number of amides is 3. The highest BCUT2D eigenvalue weighted by atomic mass is 19.1. The summed E-state index contributed by atoms with van der Waals surface area (Å²) in [6.45, 7) is 3.83. The van der Waals surface area contributed by atoms with E-state index in [4.69, 9.17) is 5.41 Å². The van der Waals surface area contributed by atoms with E-state index >= 15 is 0 Å². The lowest BCUT2D eigenvalue weighted by atomic mass is 9.79. The fourth-order valence-electron chi connectivity index (χ4n) is 5.46. The van der Waals surface area contributed by atoms with Gasteiger partial charge in [-0.2, -0.15) is 0 Å². The van der Waals surface area contributed by atoms with E-state index in [0.29, 0.717) is 23.2 Å². The SMILES string of the molecule is CC(C)C[C@H](NC(=O)c1cc2c(F)cccc2[nH]1)C(=O)N1C[C@]2(C[C@H]1C=N)C(=O)Nc1cc(F)ccc12. The van der Waals surface area contributed by atoms with Crippen LogP contribution in [0.3, 0.4) is 0 Å². The van der Waals surface area contributed by atoms with Gasteiger partial charge in [-0.25, -0.2) is 8.78 Å². The second-order valence-corrected chi connectivity index (χ2v) is 10.2. The molecule has 3 amide bonds. The van der Waals surface area contributed by atoms with Gasteiger partial charge < -0.3 is 25.9 Å². The Morgan fingerprint density at radius 1 is 1.24 bits per heavy atom. The van der Waals surface area contributed by atoms with Crippen molar-refractivity contribution in [1.82, 2.24) is 15.2 Å². The monoisotopic (exact) mass is 507 g/mol. The van der Waals surface area contributed by atoms with Crippen molar-refractivity contribution in [3.63, 3.8) is 0 Å². The normalized spacial score (nSPS) is 21.4. The highest BCUT2D eigenvalue weighted by Crippen LogP contribution is 2.46. The van der Waals surface area contributed by atoms with Crippen LogP contribution in [0.25, 0.3) is 10.9 Å². The van der Waals surface area contributed by atoms with Crippen molar-refractivity contribution in [2.45, 2.75) is 44.2 Å². The number of hydrogen-bond donors (Lipinski definition) is 4. The van der Waals surface area contributed by atoms with Crippen LogP contribution in [0.2, 0.25) is 0 Å². The number of hydrogen-bond acceptors (Lipinski definition) is 4. The minimum atomic E-state index is -1.11.